The van der Waals surface area contributed by atoms with E-state index in [-0.39, 0.29) is 31.1 Å². The Morgan fingerprint density at radius 1 is 1.15 bits per heavy atom. The number of ether oxygens (including phenoxy) is 1. The van der Waals surface area contributed by atoms with Gasteiger partial charge in [0.05, 0.1) is 17.8 Å². The van der Waals surface area contributed by atoms with E-state index >= 15 is 0 Å². The Morgan fingerprint density at radius 3 is 2.74 bits per heavy atom. The van der Waals surface area contributed by atoms with E-state index in [0.717, 1.165) is 65.0 Å². The lowest BCUT2D eigenvalue weighted by Crippen LogP contribution is -2.32. The van der Waals surface area contributed by atoms with Crippen molar-refractivity contribution in [3.05, 3.63) is 65.4 Å². The summed E-state index contributed by atoms with van der Waals surface area (Å²) in [6.07, 6.45) is 5.94. The number of aromatic nitrogens is 2. The van der Waals surface area contributed by atoms with E-state index in [4.69, 9.17) is 9.72 Å². The molecule has 8 heteroatoms. The summed E-state index contributed by atoms with van der Waals surface area (Å²) in [6.45, 7) is 2.20. The Labute approximate surface area is 198 Å². The molecule has 8 nitrogen and oxygen atoms in total. The van der Waals surface area contributed by atoms with Crippen LogP contribution in [0.4, 0.5) is 22.1 Å². The van der Waals surface area contributed by atoms with Gasteiger partial charge >= 0.3 is 6.09 Å². The number of rotatable bonds is 5. The fourth-order valence-electron chi connectivity index (χ4n) is 4.41. The molecule has 2 heterocycles. The minimum Gasteiger partial charge on any atom is -0.445 e. The Hall–Kier alpha value is -3.94. The lowest BCUT2D eigenvalue weighted by Gasteiger charge is -2.13. The molecule has 1 aliphatic heterocycles. The summed E-state index contributed by atoms with van der Waals surface area (Å²) in [5, 5.41) is 9.10. The number of carbonyl (C=O) groups excluding carboxylic acids is 2. The van der Waals surface area contributed by atoms with Crippen molar-refractivity contribution >= 4 is 29.3 Å². The smallest absolute Gasteiger partial charge is 0.407 e. The monoisotopic (exact) mass is 457 g/mol. The van der Waals surface area contributed by atoms with E-state index in [2.05, 4.69) is 20.9 Å². The highest BCUT2D eigenvalue weighted by atomic mass is 16.5. The van der Waals surface area contributed by atoms with E-state index in [9.17, 15) is 9.59 Å². The summed E-state index contributed by atoms with van der Waals surface area (Å²) in [7, 11) is 0. The zero-order chi connectivity index (χ0) is 23.5. The molecule has 1 fully saturated rings. The summed E-state index contributed by atoms with van der Waals surface area (Å²) >= 11 is 0. The molecule has 0 saturated heterocycles. The molecule has 0 unspecified atom stereocenters. The molecule has 2 aliphatic rings. The van der Waals surface area contributed by atoms with Crippen LogP contribution < -0.4 is 16.0 Å². The molecule has 3 aromatic rings. The molecule has 2 amide bonds. The van der Waals surface area contributed by atoms with Crippen LogP contribution in [0.3, 0.4) is 0 Å². The molecule has 0 radical (unpaired) electrons. The van der Waals surface area contributed by atoms with E-state index in [1.165, 1.54) is 0 Å². The Bertz CT molecular complexity index is 1220. The highest BCUT2D eigenvalue weighted by Gasteiger charge is 2.21. The van der Waals surface area contributed by atoms with Crippen molar-refractivity contribution in [1.29, 1.82) is 0 Å². The number of hydrogen-bond donors (Lipinski definition) is 3. The maximum absolute atomic E-state index is 12.3. The number of aryl methyl sites for hydroxylation is 1. The van der Waals surface area contributed by atoms with Gasteiger partial charge in [-0.1, -0.05) is 37.1 Å². The molecule has 2 aromatic carbocycles. The van der Waals surface area contributed by atoms with Crippen molar-refractivity contribution in [2.45, 2.75) is 51.7 Å². The molecule has 1 saturated carbocycles. The second-order valence-corrected chi connectivity index (χ2v) is 8.87. The second-order valence-electron chi connectivity index (χ2n) is 8.87. The summed E-state index contributed by atoms with van der Waals surface area (Å²) < 4.78 is 5.34. The number of amides is 2. The van der Waals surface area contributed by atoms with Gasteiger partial charge in [0, 0.05) is 29.1 Å². The predicted octanol–water partition coefficient (Wildman–Crippen LogP) is 4.86. The van der Waals surface area contributed by atoms with Crippen molar-refractivity contribution in [3.63, 3.8) is 0 Å². The first-order chi connectivity index (χ1) is 16.5. The van der Waals surface area contributed by atoms with Crippen LogP contribution in [0.25, 0.3) is 11.3 Å². The van der Waals surface area contributed by atoms with Crippen molar-refractivity contribution < 1.29 is 14.3 Å². The fraction of sp³-hybridized carbons (Fsp3) is 0.308. The number of alkyl carbamates (subject to hydrolysis) is 1. The van der Waals surface area contributed by atoms with Gasteiger partial charge < -0.3 is 20.7 Å². The molecule has 0 bridgehead atoms. The van der Waals surface area contributed by atoms with Crippen LogP contribution in [0.5, 0.6) is 0 Å². The lowest BCUT2D eigenvalue weighted by molar-refractivity contribution is -0.115. The first-order valence-electron chi connectivity index (χ1n) is 11.6. The number of anilines is 3. The van der Waals surface area contributed by atoms with Gasteiger partial charge in [-0.25, -0.2) is 14.8 Å². The molecule has 34 heavy (non-hydrogen) atoms. The molecule has 0 spiro atoms. The van der Waals surface area contributed by atoms with Gasteiger partial charge in [-0.15, -0.1) is 0 Å². The van der Waals surface area contributed by atoms with Crippen molar-refractivity contribution in [1.82, 2.24) is 15.3 Å². The van der Waals surface area contributed by atoms with Crippen molar-refractivity contribution in [2.75, 3.05) is 10.6 Å². The maximum Gasteiger partial charge on any atom is 0.407 e. The average molecular weight is 458 g/mol. The van der Waals surface area contributed by atoms with Crippen LogP contribution in [0.1, 0.15) is 42.4 Å². The van der Waals surface area contributed by atoms with E-state index in [1.807, 2.05) is 49.4 Å². The molecule has 1 aliphatic carbocycles. The summed E-state index contributed by atoms with van der Waals surface area (Å²) in [4.78, 5) is 33.4. The third-order valence-electron chi connectivity index (χ3n) is 6.18. The number of nitrogens with one attached hydrogen (secondary N) is 3. The topological polar surface area (TPSA) is 105 Å². The molecule has 5 rings (SSSR count). The molecular formula is C26H27N5O3. The Balaban J connectivity index is 1.26. The Morgan fingerprint density at radius 2 is 1.94 bits per heavy atom. The van der Waals surface area contributed by atoms with Gasteiger partial charge in [-0.3, -0.25) is 4.79 Å². The van der Waals surface area contributed by atoms with Crippen LogP contribution >= 0.6 is 0 Å². The Kier molecular flexibility index (Phi) is 6.12. The van der Waals surface area contributed by atoms with Gasteiger partial charge in [0.1, 0.15) is 6.61 Å². The first kappa shape index (κ1) is 21.9. The first-order valence-corrected chi connectivity index (χ1v) is 11.6. The number of carbonyl (C=O) groups is 2. The van der Waals surface area contributed by atoms with Crippen LogP contribution in [0.15, 0.2) is 48.7 Å². The van der Waals surface area contributed by atoms with E-state index in [0.29, 0.717) is 5.95 Å². The predicted molar refractivity (Wildman–Crippen MR) is 130 cm³/mol. The molecule has 3 N–H and O–H groups in total. The van der Waals surface area contributed by atoms with Gasteiger partial charge in [-0.2, -0.15) is 0 Å². The largest absolute Gasteiger partial charge is 0.445 e. The minimum absolute atomic E-state index is 0.0790. The number of fused-ring (bicyclic) bond motifs is 3. The maximum atomic E-state index is 12.3. The highest BCUT2D eigenvalue weighted by molar-refractivity contribution is 6.00. The van der Waals surface area contributed by atoms with Crippen LogP contribution in [0, 0.1) is 6.92 Å². The SMILES string of the molecule is Cc1ccc2c(c1)NC(=O)Cc1cnc(Nc3ccc(COC(=O)NC4CCCC4)cc3)nc1-2. The normalized spacial score (nSPS) is 15.0. The van der Waals surface area contributed by atoms with Crippen molar-refractivity contribution in [2.24, 2.45) is 0 Å². The van der Waals surface area contributed by atoms with Crippen LogP contribution in [0.2, 0.25) is 0 Å². The minimum atomic E-state index is -0.365. The quantitative estimate of drug-likeness (QED) is 0.505. The zero-order valence-corrected chi connectivity index (χ0v) is 19.1. The standard InChI is InChI=1S/C26H27N5O3/c1-16-6-11-21-22(12-16)30-23(32)13-18-14-27-25(31-24(18)21)28-20-9-7-17(8-10-20)15-34-26(33)29-19-4-2-3-5-19/h6-12,14,19H,2-5,13,15H2,1H3,(H,29,33)(H,30,32)(H,27,28,31). The molecular weight excluding hydrogens is 430 g/mol. The lowest BCUT2D eigenvalue weighted by atomic mass is 10.0. The fourth-order valence-corrected chi connectivity index (χ4v) is 4.41. The molecule has 174 valence electrons. The summed E-state index contributed by atoms with van der Waals surface area (Å²) in [5.41, 5.74) is 5.93. The number of benzene rings is 2. The van der Waals surface area contributed by atoms with Crippen molar-refractivity contribution in [3.8, 4) is 11.3 Å². The second kappa shape index (κ2) is 9.51. The van der Waals surface area contributed by atoms with Crippen LogP contribution in [-0.4, -0.2) is 28.0 Å². The highest BCUT2D eigenvalue weighted by Crippen LogP contribution is 2.33. The summed E-state index contributed by atoms with van der Waals surface area (Å²) in [6, 6.07) is 13.8. The third kappa shape index (κ3) is 5.01. The van der Waals surface area contributed by atoms with Gasteiger partial charge in [-0.05, 0) is 49.1 Å². The van der Waals surface area contributed by atoms with E-state index < -0.39 is 0 Å². The number of hydrogen-bond acceptors (Lipinski definition) is 6. The van der Waals surface area contributed by atoms with Gasteiger partial charge in [0.15, 0.2) is 0 Å². The van der Waals surface area contributed by atoms with Gasteiger partial charge in [0.2, 0.25) is 11.9 Å². The molecule has 1 aromatic heterocycles. The number of nitrogens with zero attached hydrogens (tertiary/aromatic N) is 2. The summed E-state index contributed by atoms with van der Waals surface area (Å²) in [5.74, 6) is 0.365. The van der Waals surface area contributed by atoms with Crippen LogP contribution in [-0.2, 0) is 22.6 Å². The van der Waals surface area contributed by atoms with E-state index in [1.54, 1.807) is 6.20 Å². The third-order valence-corrected chi connectivity index (χ3v) is 6.18. The zero-order valence-electron chi connectivity index (χ0n) is 19.1. The molecule has 0 atom stereocenters. The average Bonchev–Trinajstić information content (AvgIpc) is 3.28. The van der Waals surface area contributed by atoms with Gasteiger partial charge in [0.25, 0.3) is 0 Å².